The van der Waals surface area contributed by atoms with Crippen LogP contribution in [0.2, 0.25) is 0 Å². The largest absolute Gasteiger partial charge is 0.350 e. The van der Waals surface area contributed by atoms with Crippen LogP contribution in [0.3, 0.4) is 0 Å². The Labute approximate surface area is 135 Å². The molecular weight excluding hydrogens is 365 g/mol. The van der Waals surface area contributed by atoms with E-state index < -0.39 is 0 Å². The second-order valence-corrected chi connectivity index (χ2v) is 4.97. The Bertz CT molecular complexity index is 712. The third-order valence-corrected chi connectivity index (χ3v) is 3.61. The molecule has 0 fully saturated rings. The lowest BCUT2D eigenvalue weighted by atomic mass is 10.3. The van der Waals surface area contributed by atoms with Crippen LogP contribution in [-0.2, 0) is 6.54 Å². The number of pyridine rings is 1. The summed E-state index contributed by atoms with van der Waals surface area (Å²) in [4.78, 5) is 16.3. The van der Waals surface area contributed by atoms with Gasteiger partial charge in [0.25, 0.3) is 0 Å². The van der Waals surface area contributed by atoms with Gasteiger partial charge in [0, 0.05) is 6.54 Å². The van der Waals surface area contributed by atoms with Gasteiger partial charge in [-0.25, -0.2) is 23.4 Å². The van der Waals surface area contributed by atoms with Gasteiger partial charge in [0.1, 0.15) is 10.9 Å². The summed E-state index contributed by atoms with van der Waals surface area (Å²) >= 11 is 3.29. The Hall–Kier alpha value is -1.51. The van der Waals surface area contributed by atoms with Gasteiger partial charge < -0.3 is 5.73 Å². The summed E-state index contributed by atoms with van der Waals surface area (Å²) in [5.74, 6) is 0. The minimum absolute atomic E-state index is 0. The molecule has 9 heteroatoms. The van der Waals surface area contributed by atoms with E-state index in [4.69, 9.17) is 5.73 Å². The van der Waals surface area contributed by atoms with E-state index in [-0.39, 0.29) is 31.2 Å². The molecule has 0 amide bonds. The number of aromatic nitrogens is 4. The van der Waals surface area contributed by atoms with E-state index in [1.54, 1.807) is 12.3 Å². The fourth-order valence-corrected chi connectivity index (χ4v) is 1.85. The normalized spacial score (nSPS) is 11.3. The van der Waals surface area contributed by atoms with Crippen LogP contribution in [0.5, 0.6) is 0 Å². The van der Waals surface area contributed by atoms with Crippen molar-refractivity contribution >= 4 is 28.3 Å². The zero-order valence-electron chi connectivity index (χ0n) is 11.2. The molecule has 6 nitrogen and oxygen atoms in total. The predicted molar refractivity (Wildman–Crippen MR) is 83.5 cm³/mol. The van der Waals surface area contributed by atoms with Crippen molar-refractivity contribution in [2.45, 2.75) is 13.5 Å². The molecule has 0 saturated heterocycles. The van der Waals surface area contributed by atoms with Crippen LogP contribution >= 0.6 is 28.3 Å². The topological polar surface area (TPSA) is 78.7 Å². The van der Waals surface area contributed by atoms with Crippen LogP contribution in [0.15, 0.2) is 39.9 Å². The highest BCUT2D eigenvalue weighted by Crippen LogP contribution is 2.15. The summed E-state index contributed by atoms with van der Waals surface area (Å²) in [7, 11) is 0. The van der Waals surface area contributed by atoms with Gasteiger partial charge in [0.05, 0.1) is 24.8 Å². The Morgan fingerprint density at radius 1 is 1.57 bits per heavy atom. The van der Waals surface area contributed by atoms with Crippen molar-refractivity contribution in [2.24, 2.45) is 5.73 Å². The third-order valence-electron chi connectivity index (χ3n) is 2.78. The van der Waals surface area contributed by atoms with Gasteiger partial charge in [-0.05, 0) is 40.1 Å². The molecule has 0 aliphatic heterocycles. The molecule has 2 heterocycles. The van der Waals surface area contributed by atoms with Gasteiger partial charge in [-0.15, -0.1) is 12.4 Å². The zero-order valence-corrected chi connectivity index (χ0v) is 13.6. The van der Waals surface area contributed by atoms with Crippen molar-refractivity contribution in [3.05, 3.63) is 51.1 Å². The van der Waals surface area contributed by atoms with E-state index >= 15 is 0 Å². The van der Waals surface area contributed by atoms with E-state index in [0.717, 1.165) is 10.2 Å². The quantitative estimate of drug-likeness (QED) is 0.822. The number of nitrogens with zero attached hydrogens (tertiary/aromatic N) is 4. The number of nitrogens with two attached hydrogens (primary N) is 1. The Morgan fingerprint density at radius 3 is 2.86 bits per heavy atom. The fourth-order valence-electron chi connectivity index (χ4n) is 1.63. The summed E-state index contributed by atoms with van der Waals surface area (Å²) in [5.41, 5.74) is 6.78. The van der Waals surface area contributed by atoms with E-state index in [9.17, 15) is 9.18 Å². The molecule has 0 atom stereocenters. The Balaban J connectivity index is 0.00000220. The predicted octanol–water partition coefficient (Wildman–Crippen LogP) is 1.73. The molecule has 0 radical (unpaired) electrons. The van der Waals surface area contributed by atoms with Crippen molar-refractivity contribution < 1.29 is 4.39 Å². The molecule has 0 aliphatic carbocycles. The minimum atomic E-state index is -0.374. The van der Waals surface area contributed by atoms with Crippen molar-refractivity contribution in [3.63, 3.8) is 0 Å². The SMILES string of the molecule is Cc1cc(-n2cnn(C/C(=C\F)CN)c2=O)cnc1Br.Cl. The van der Waals surface area contributed by atoms with Gasteiger partial charge in [-0.3, -0.25) is 0 Å². The van der Waals surface area contributed by atoms with Crippen molar-refractivity contribution in [1.82, 2.24) is 19.3 Å². The molecule has 0 spiro atoms. The lowest BCUT2D eigenvalue weighted by molar-refractivity contribution is 0.612. The summed E-state index contributed by atoms with van der Waals surface area (Å²) in [6.45, 7) is 1.94. The molecule has 0 saturated carbocycles. The van der Waals surface area contributed by atoms with E-state index in [2.05, 4.69) is 26.0 Å². The zero-order chi connectivity index (χ0) is 14.7. The van der Waals surface area contributed by atoms with Crippen molar-refractivity contribution in [2.75, 3.05) is 6.54 Å². The van der Waals surface area contributed by atoms with Gasteiger partial charge in [0.15, 0.2) is 0 Å². The van der Waals surface area contributed by atoms with Gasteiger partial charge in [0.2, 0.25) is 0 Å². The highest BCUT2D eigenvalue weighted by Gasteiger charge is 2.09. The van der Waals surface area contributed by atoms with E-state index in [1.807, 2.05) is 6.92 Å². The molecule has 2 aromatic rings. The molecule has 114 valence electrons. The molecular formula is C12H14BrClFN5O. The average Bonchev–Trinajstić information content (AvgIpc) is 2.80. The molecule has 21 heavy (non-hydrogen) atoms. The molecule has 2 N–H and O–H groups in total. The molecule has 2 aromatic heterocycles. The van der Waals surface area contributed by atoms with Gasteiger partial charge in [-0.2, -0.15) is 5.10 Å². The molecule has 0 bridgehead atoms. The van der Waals surface area contributed by atoms with Crippen molar-refractivity contribution in [1.29, 1.82) is 0 Å². The number of rotatable bonds is 4. The van der Waals surface area contributed by atoms with Crippen LogP contribution in [0.25, 0.3) is 5.69 Å². The Morgan fingerprint density at radius 2 is 2.29 bits per heavy atom. The highest BCUT2D eigenvalue weighted by atomic mass is 79.9. The maximum absolute atomic E-state index is 12.5. The highest BCUT2D eigenvalue weighted by molar-refractivity contribution is 9.10. The summed E-state index contributed by atoms with van der Waals surface area (Å²) in [5, 5.41) is 3.94. The molecule has 0 unspecified atom stereocenters. The first kappa shape index (κ1) is 17.5. The maximum atomic E-state index is 12.5. The maximum Gasteiger partial charge on any atom is 0.350 e. The molecule has 0 aromatic carbocycles. The number of hydrogen-bond donors (Lipinski definition) is 1. The molecule has 0 aliphatic rings. The lowest BCUT2D eigenvalue weighted by Crippen LogP contribution is -2.26. The van der Waals surface area contributed by atoms with Crippen LogP contribution in [0.4, 0.5) is 4.39 Å². The third kappa shape index (κ3) is 3.78. The standard InChI is InChI=1S/C12H13BrFN5O.ClH/c1-8-2-10(5-16-11(8)13)18-7-17-19(12(18)20)6-9(3-14)4-15;/h2-3,5,7H,4,6,15H2,1H3;1H/b9-3-;. The fraction of sp³-hybridized carbons (Fsp3) is 0.250. The van der Waals surface area contributed by atoms with E-state index in [1.165, 1.54) is 10.9 Å². The first-order valence-electron chi connectivity index (χ1n) is 5.82. The second-order valence-electron chi connectivity index (χ2n) is 4.21. The summed E-state index contributed by atoms with van der Waals surface area (Å²) < 4.78 is 15.7. The van der Waals surface area contributed by atoms with Gasteiger partial charge in [-0.1, -0.05) is 0 Å². The van der Waals surface area contributed by atoms with E-state index in [0.29, 0.717) is 22.2 Å². The number of aryl methyl sites for hydroxylation is 1. The lowest BCUT2D eigenvalue weighted by Gasteiger charge is -2.03. The first-order chi connectivity index (χ1) is 9.56. The van der Waals surface area contributed by atoms with Gasteiger partial charge >= 0.3 is 5.69 Å². The minimum Gasteiger partial charge on any atom is -0.327 e. The second kappa shape index (κ2) is 7.48. The summed E-state index contributed by atoms with van der Waals surface area (Å²) in [6.07, 6.45) is 3.33. The summed E-state index contributed by atoms with van der Waals surface area (Å²) in [6, 6.07) is 1.80. The van der Waals surface area contributed by atoms with Crippen LogP contribution < -0.4 is 11.4 Å². The Kier molecular flexibility index (Phi) is 6.25. The number of halogens is 3. The van der Waals surface area contributed by atoms with Crippen LogP contribution in [0, 0.1) is 6.92 Å². The first-order valence-corrected chi connectivity index (χ1v) is 6.61. The van der Waals surface area contributed by atoms with Crippen molar-refractivity contribution in [3.8, 4) is 5.69 Å². The van der Waals surface area contributed by atoms with Crippen LogP contribution in [-0.4, -0.2) is 25.9 Å². The monoisotopic (exact) mass is 377 g/mol. The van der Waals surface area contributed by atoms with Crippen LogP contribution in [0.1, 0.15) is 5.56 Å². The average molecular weight is 379 g/mol. The number of hydrogen-bond acceptors (Lipinski definition) is 4. The smallest absolute Gasteiger partial charge is 0.327 e. The molecule has 2 rings (SSSR count).